The molecule has 142 valence electrons. The van der Waals surface area contributed by atoms with Crippen molar-refractivity contribution >= 4 is 23.3 Å². The molecule has 2 N–H and O–H groups in total. The van der Waals surface area contributed by atoms with Gasteiger partial charge in [-0.05, 0) is 61.7 Å². The summed E-state index contributed by atoms with van der Waals surface area (Å²) in [5.41, 5.74) is 2.16. The monoisotopic (exact) mass is 369 g/mol. The molecule has 0 unspecified atom stereocenters. The van der Waals surface area contributed by atoms with Crippen LogP contribution in [0, 0.1) is 0 Å². The Morgan fingerprint density at radius 1 is 1.04 bits per heavy atom. The standard InChI is InChI=1S/C21H23NO5/c1-15(23)17-8-10-19(11-9-17)27-13-3-6-20(24)22-18-5-2-4-16(14-18)7-12-21(25)26/h2,4-5,8-11,14H,3,6-7,12-13H2,1H3,(H,22,24)(H,25,26). The van der Waals surface area contributed by atoms with Crippen molar-refractivity contribution in [3.8, 4) is 5.75 Å². The Hall–Kier alpha value is -3.15. The van der Waals surface area contributed by atoms with Gasteiger partial charge in [-0.25, -0.2) is 0 Å². The number of benzene rings is 2. The van der Waals surface area contributed by atoms with Gasteiger partial charge in [-0.1, -0.05) is 12.1 Å². The predicted octanol–water partition coefficient (Wildman–Crippen LogP) is 3.70. The van der Waals surface area contributed by atoms with Gasteiger partial charge in [-0.15, -0.1) is 0 Å². The molecular formula is C21H23NO5. The Kier molecular flexibility index (Phi) is 7.55. The van der Waals surface area contributed by atoms with E-state index in [9.17, 15) is 14.4 Å². The molecule has 0 spiro atoms. The topological polar surface area (TPSA) is 92.7 Å². The van der Waals surface area contributed by atoms with E-state index < -0.39 is 5.97 Å². The molecule has 2 aromatic rings. The molecule has 0 aromatic heterocycles. The highest BCUT2D eigenvalue weighted by Gasteiger charge is 2.05. The van der Waals surface area contributed by atoms with E-state index in [-0.39, 0.29) is 18.1 Å². The van der Waals surface area contributed by atoms with Crippen LogP contribution in [0.5, 0.6) is 5.75 Å². The second-order valence-electron chi connectivity index (χ2n) is 6.17. The van der Waals surface area contributed by atoms with Gasteiger partial charge in [0.1, 0.15) is 5.75 Å². The molecule has 0 saturated carbocycles. The maximum absolute atomic E-state index is 12.0. The fourth-order valence-electron chi connectivity index (χ4n) is 2.49. The summed E-state index contributed by atoms with van der Waals surface area (Å²) in [5.74, 6) is -0.307. The van der Waals surface area contributed by atoms with Crippen LogP contribution in [0.15, 0.2) is 48.5 Å². The molecule has 0 aliphatic carbocycles. The molecule has 0 saturated heterocycles. The Morgan fingerprint density at radius 3 is 2.44 bits per heavy atom. The number of amides is 1. The Morgan fingerprint density at radius 2 is 1.78 bits per heavy atom. The highest BCUT2D eigenvalue weighted by Crippen LogP contribution is 2.14. The zero-order chi connectivity index (χ0) is 19.6. The van der Waals surface area contributed by atoms with Crippen LogP contribution in [0.2, 0.25) is 0 Å². The van der Waals surface area contributed by atoms with Crippen molar-refractivity contribution in [1.29, 1.82) is 0 Å². The molecule has 2 aromatic carbocycles. The lowest BCUT2D eigenvalue weighted by atomic mass is 10.1. The first-order chi connectivity index (χ1) is 12.9. The summed E-state index contributed by atoms with van der Waals surface area (Å²) in [7, 11) is 0. The van der Waals surface area contributed by atoms with Crippen LogP contribution in [-0.2, 0) is 16.0 Å². The molecule has 1 amide bonds. The van der Waals surface area contributed by atoms with Gasteiger partial charge in [0.2, 0.25) is 5.91 Å². The van der Waals surface area contributed by atoms with Gasteiger partial charge in [0.05, 0.1) is 6.61 Å². The minimum Gasteiger partial charge on any atom is -0.494 e. The number of carboxylic acids is 1. The number of anilines is 1. The first-order valence-electron chi connectivity index (χ1n) is 8.78. The second kappa shape index (κ2) is 10.1. The number of hydrogen-bond donors (Lipinski definition) is 2. The maximum Gasteiger partial charge on any atom is 0.303 e. The predicted molar refractivity (Wildman–Crippen MR) is 102 cm³/mol. The SMILES string of the molecule is CC(=O)c1ccc(OCCCC(=O)Nc2cccc(CCC(=O)O)c2)cc1. The normalized spacial score (nSPS) is 10.3. The minimum atomic E-state index is -0.847. The quantitative estimate of drug-likeness (QED) is 0.492. The van der Waals surface area contributed by atoms with Gasteiger partial charge in [-0.3, -0.25) is 14.4 Å². The van der Waals surface area contributed by atoms with Gasteiger partial charge < -0.3 is 15.2 Å². The van der Waals surface area contributed by atoms with E-state index in [1.807, 2.05) is 6.07 Å². The molecule has 0 atom stereocenters. The van der Waals surface area contributed by atoms with E-state index in [1.54, 1.807) is 42.5 Å². The number of aryl methyl sites for hydroxylation is 1. The number of carbonyl (C=O) groups excluding carboxylic acids is 2. The van der Waals surface area contributed by atoms with Gasteiger partial charge in [0, 0.05) is 24.1 Å². The van der Waals surface area contributed by atoms with Crippen molar-refractivity contribution < 1.29 is 24.2 Å². The highest BCUT2D eigenvalue weighted by atomic mass is 16.5. The number of carboxylic acid groups (broad SMARTS) is 1. The summed E-state index contributed by atoms with van der Waals surface area (Å²) in [6.45, 7) is 1.90. The molecule has 2 rings (SSSR count). The summed E-state index contributed by atoms with van der Waals surface area (Å²) in [6.07, 6.45) is 1.35. The lowest BCUT2D eigenvalue weighted by molar-refractivity contribution is -0.137. The maximum atomic E-state index is 12.0. The van der Waals surface area contributed by atoms with Crippen molar-refractivity contribution in [2.75, 3.05) is 11.9 Å². The van der Waals surface area contributed by atoms with Crippen LogP contribution in [0.4, 0.5) is 5.69 Å². The van der Waals surface area contributed by atoms with Crippen LogP contribution >= 0.6 is 0 Å². The summed E-state index contributed by atoms with van der Waals surface area (Å²) in [4.78, 5) is 33.9. The Bertz CT molecular complexity index is 798. The van der Waals surface area contributed by atoms with Crippen molar-refractivity contribution in [2.45, 2.75) is 32.6 Å². The third kappa shape index (κ3) is 7.32. The minimum absolute atomic E-state index is 0.00486. The lowest BCUT2D eigenvalue weighted by Gasteiger charge is -2.08. The van der Waals surface area contributed by atoms with Crippen LogP contribution in [0.3, 0.4) is 0 Å². The number of rotatable bonds is 10. The molecule has 27 heavy (non-hydrogen) atoms. The number of ketones is 1. The van der Waals surface area contributed by atoms with Crippen LogP contribution in [-0.4, -0.2) is 29.4 Å². The third-order valence-electron chi connectivity index (χ3n) is 3.92. The van der Waals surface area contributed by atoms with E-state index >= 15 is 0 Å². The summed E-state index contributed by atoms with van der Waals surface area (Å²) in [5, 5.41) is 11.5. The van der Waals surface area contributed by atoms with E-state index in [0.29, 0.717) is 42.9 Å². The van der Waals surface area contributed by atoms with E-state index in [4.69, 9.17) is 9.84 Å². The van der Waals surface area contributed by atoms with Crippen LogP contribution in [0.25, 0.3) is 0 Å². The zero-order valence-electron chi connectivity index (χ0n) is 15.2. The molecule has 0 heterocycles. The molecule has 0 fully saturated rings. The van der Waals surface area contributed by atoms with Crippen molar-refractivity contribution in [3.05, 3.63) is 59.7 Å². The first-order valence-corrected chi connectivity index (χ1v) is 8.78. The van der Waals surface area contributed by atoms with E-state index in [2.05, 4.69) is 5.32 Å². The van der Waals surface area contributed by atoms with Crippen molar-refractivity contribution in [1.82, 2.24) is 0 Å². The number of aliphatic carboxylic acids is 1. The van der Waals surface area contributed by atoms with Crippen LogP contribution < -0.4 is 10.1 Å². The number of ether oxygens (including phenoxy) is 1. The molecule has 0 aliphatic rings. The van der Waals surface area contributed by atoms with Crippen molar-refractivity contribution in [3.63, 3.8) is 0 Å². The largest absolute Gasteiger partial charge is 0.494 e. The second-order valence-corrected chi connectivity index (χ2v) is 6.17. The average Bonchev–Trinajstić information content (AvgIpc) is 2.64. The van der Waals surface area contributed by atoms with Crippen LogP contribution in [0.1, 0.15) is 42.1 Å². The first kappa shape index (κ1) is 20.2. The number of carbonyl (C=O) groups is 3. The Balaban J connectivity index is 1.72. The fourth-order valence-corrected chi connectivity index (χ4v) is 2.49. The summed E-state index contributed by atoms with van der Waals surface area (Å²) in [6, 6.07) is 14.1. The number of nitrogens with one attached hydrogen (secondary N) is 1. The number of hydrogen-bond acceptors (Lipinski definition) is 4. The average molecular weight is 369 g/mol. The molecule has 6 nitrogen and oxygen atoms in total. The van der Waals surface area contributed by atoms with E-state index in [0.717, 1.165) is 5.56 Å². The molecule has 6 heteroatoms. The number of Topliss-reactive ketones (excluding diaryl/α,β-unsaturated/α-hetero) is 1. The van der Waals surface area contributed by atoms with Crippen molar-refractivity contribution in [2.24, 2.45) is 0 Å². The summed E-state index contributed by atoms with van der Waals surface area (Å²) >= 11 is 0. The molecular weight excluding hydrogens is 346 g/mol. The molecule has 0 aliphatic heterocycles. The Labute approximate surface area is 158 Å². The lowest BCUT2D eigenvalue weighted by Crippen LogP contribution is -2.13. The van der Waals surface area contributed by atoms with E-state index in [1.165, 1.54) is 6.92 Å². The molecule has 0 bridgehead atoms. The smallest absolute Gasteiger partial charge is 0.303 e. The fraction of sp³-hybridized carbons (Fsp3) is 0.286. The zero-order valence-corrected chi connectivity index (χ0v) is 15.2. The molecule has 0 radical (unpaired) electrons. The van der Waals surface area contributed by atoms with Gasteiger partial charge >= 0.3 is 5.97 Å². The third-order valence-corrected chi connectivity index (χ3v) is 3.92. The summed E-state index contributed by atoms with van der Waals surface area (Å²) < 4.78 is 5.57. The van der Waals surface area contributed by atoms with Gasteiger partial charge in [-0.2, -0.15) is 0 Å². The van der Waals surface area contributed by atoms with Gasteiger partial charge in [0.15, 0.2) is 5.78 Å². The van der Waals surface area contributed by atoms with Gasteiger partial charge in [0.25, 0.3) is 0 Å². The highest BCUT2D eigenvalue weighted by molar-refractivity contribution is 5.94.